The first kappa shape index (κ1) is 15.1. The molecule has 4 heteroatoms. The van der Waals surface area contributed by atoms with Crippen molar-refractivity contribution in [1.82, 2.24) is 4.90 Å². The SMILES string of the molecule is CCOCC(O)CN(CCO)Cc1ccccc1. The van der Waals surface area contributed by atoms with E-state index in [9.17, 15) is 5.11 Å². The highest BCUT2D eigenvalue weighted by Crippen LogP contribution is 2.05. The predicted molar refractivity (Wildman–Crippen MR) is 71.3 cm³/mol. The molecule has 0 aliphatic heterocycles. The Morgan fingerprint density at radius 3 is 2.61 bits per heavy atom. The number of aliphatic hydroxyl groups excluding tert-OH is 2. The van der Waals surface area contributed by atoms with E-state index in [-0.39, 0.29) is 6.61 Å². The summed E-state index contributed by atoms with van der Waals surface area (Å²) in [6.07, 6.45) is -0.514. The monoisotopic (exact) mass is 253 g/mol. The van der Waals surface area contributed by atoms with Crippen LogP contribution in [-0.4, -0.2) is 54.1 Å². The van der Waals surface area contributed by atoms with Crippen molar-refractivity contribution in [3.8, 4) is 0 Å². The van der Waals surface area contributed by atoms with E-state index < -0.39 is 6.10 Å². The number of benzene rings is 1. The predicted octanol–water partition coefficient (Wildman–Crippen LogP) is 0.878. The van der Waals surface area contributed by atoms with Crippen molar-refractivity contribution in [3.63, 3.8) is 0 Å². The summed E-state index contributed by atoms with van der Waals surface area (Å²) in [5.74, 6) is 0. The Labute approximate surface area is 109 Å². The third-order valence-electron chi connectivity index (χ3n) is 2.65. The molecule has 0 spiro atoms. The summed E-state index contributed by atoms with van der Waals surface area (Å²) >= 11 is 0. The topological polar surface area (TPSA) is 52.9 Å². The second-order valence-electron chi connectivity index (χ2n) is 4.26. The molecule has 0 bridgehead atoms. The van der Waals surface area contributed by atoms with Crippen LogP contribution < -0.4 is 0 Å². The van der Waals surface area contributed by atoms with Crippen LogP contribution in [-0.2, 0) is 11.3 Å². The molecule has 0 radical (unpaired) electrons. The zero-order chi connectivity index (χ0) is 13.2. The molecule has 1 aromatic rings. The maximum atomic E-state index is 9.81. The van der Waals surface area contributed by atoms with Crippen molar-refractivity contribution < 1.29 is 14.9 Å². The highest BCUT2D eigenvalue weighted by molar-refractivity contribution is 5.14. The molecule has 2 N–H and O–H groups in total. The lowest BCUT2D eigenvalue weighted by molar-refractivity contribution is 0.0167. The lowest BCUT2D eigenvalue weighted by atomic mass is 10.2. The fraction of sp³-hybridized carbons (Fsp3) is 0.571. The number of hydrogen-bond acceptors (Lipinski definition) is 4. The number of hydrogen-bond donors (Lipinski definition) is 2. The zero-order valence-electron chi connectivity index (χ0n) is 11.0. The molecule has 1 aromatic carbocycles. The largest absolute Gasteiger partial charge is 0.395 e. The van der Waals surface area contributed by atoms with Crippen LogP contribution in [0.4, 0.5) is 0 Å². The van der Waals surface area contributed by atoms with E-state index in [1.807, 2.05) is 42.2 Å². The Bertz CT molecular complexity index is 305. The summed E-state index contributed by atoms with van der Waals surface area (Å²) in [5.41, 5.74) is 1.18. The molecule has 4 nitrogen and oxygen atoms in total. The number of ether oxygens (including phenoxy) is 1. The van der Waals surface area contributed by atoms with Gasteiger partial charge in [-0.15, -0.1) is 0 Å². The van der Waals surface area contributed by atoms with E-state index in [1.165, 1.54) is 5.56 Å². The first-order valence-electron chi connectivity index (χ1n) is 6.39. The van der Waals surface area contributed by atoms with Crippen molar-refractivity contribution in [2.45, 2.75) is 19.6 Å². The van der Waals surface area contributed by atoms with Gasteiger partial charge in [0.2, 0.25) is 0 Å². The van der Waals surface area contributed by atoms with Crippen LogP contribution in [0.2, 0.25) is 0 Å². The minimum Gasteiger partial charge on any atom is -0.395 e. The summed E-state index contributed by atoms with van der Waals surface area (Å²) in [6.45, 7) is 4.73. The highest BCUT2D eigenvalue weighted by Gasteiger charge is 2.11. The summed E-state index contributed by atoms with van der Waals surface area (Å²) in [5, 5.41) is 18.9. The van der Waals surface area contributed by atoms with Crippen molar-refractivity contribution in [2.24, 2.45) is 0 Å². The van der Waals surface area contributed by atoms with Crippen LogP contribution in [0.15, 0.2) is 30.3 Å². The molecule has 1 rings (SSSR count). The van der Waals surface area contributed by atoms with Crippen LogP contribution in [0.5, 0.6) is 0 Å². The highest BCUT2D eigenvalue weighted by atomic mass is 16.5. The summed E-state index contributed by atoms with van der Waals surface area (Å²) in [4.78, 5) is 2.03. The molecule has 0 heterocycles. The Morgan fingerprint density at radius 1 is 1.28 bits per heavy atom. The average molecular weight is 253 g/mol. The fourth-order valence-corrected chi connectivity index (χ4v) is 1.82. The number of aliphatic hydroxyl groups is 2. The van der Waals surface area contributed by atoms with Crippen LogP contribution in [0, 0.1) is 0 Å². The molecular weight excluding hydrogens is 230 g/mol. The molecule has 0 amide bonds. The van der Waals surface area contributed by atoms with Crippen LogP contribution >= 0.6 is 0 Å². The van der Waals surface area contributed by atoms with Gasteiger partial charge in [0.15, 0.2) is 0 Å². The zero-order valence-corrected chi connectivity index (χ0v) is 11.0. The van der Waals surface area contributed by atoms with Crippen LogP contribution in [0.25, 0.3) is 0 Å². The number of rotatable bonds is 9. The van der Waals surface area contributed by atoms with Crippen LogP contribution in [0.3, 0.4) is 0 Å². The van der Waals surface area contributed by atoms with Crippen molar-refractivity contribution >= 4 is 0 Å². The first-order valence-corrected chi connectivity index (χ1v) is 6.39. The normalized spacial score (nSPS) is 12.9. The molecular formula is C14H23NO3. The van der Waals surface area contributed by atoms with Gasteiger partial charge < -0.3 is 14.9 Å². The Hall–Kier alpha value is -0.940. The van der Waals surface area contributed by atoms with E-state index in [2.05, 4.69) is 0 Å². The van der Waals surface area contributed by atoms with E-state index in [0.29, 0.717) is 26.3 Å². The van der Waals surface area contributed by atoms with E-state index in [1.54, 1.807) is 0 Å². The molecule has 0 saturated carbocycles. The minimum absolute atomic E-state index is 0.0915. The second-order valence-corrected chi connectivity index (χ2v) is 4.26. The van der Waals surface area contributed by atoms with Gasteiger partial charge in [-0.2, -0.15) is 0 Å². The average Bonchev–Trinajstić information content (AvgIpc) is 2.38. The van der Waals surface area contributed by atoms with Gasteiger partial charge in [0.25, 0.3) is 0 Å². The maximum Gasteiger partial charge on any atom is 0.0900 e. The molecule has 18 heavy (non-hydrogen) atoms. The minimum atomic E-state index is -0.514. The van der Waals surface area contributed by atoms with Gasteiger partial charge in [-0.3, -0.25) is 4.90 Å². The summed E-state index contributed by atoms with van der Waals surface area (Å²) in [7, 11) is 0. The molecule has 102 valence electrons. The smallest absolute Gasteiger partial charge is 0.0900 e. The van der Waals surface area contributed by atoms with Gasteiger partial charge in [-0.25, -0.2) is 0 Å². The third kappa shape index (κ3) is 6.12. The van der Waals surface area contributed by atoms with E-state index >= 15 is 0 Å². The molecule has 1 unspecified atom stereocenters. The van der Waals surface area contributed by atoms with Gasteiger partial charge in [-0.05, 0) is 12.5 Å². The van der Waals surface area contributed by atoms with Crippen molar-refractivity contribution in [2.75, 3.05) is 32.9 Å². The van der Waals surface area contributed by atoms with Crippen LogP contribution in [0.1, 0.15) is 12.5 Å². The Balaban J connectivity index is 2.44. The summed E-state index contributed by atoms with van der Waals surface area (Å²) in [6, 6.07) is 10.0. The second kappa shape index (κ2) is 9.05. The Morgan fingerprint density at radius 2 is 2.00 bits per heavy atom. The molecule has 1 atom stereocenters. The molecule has 0 saturated heterocycles. The van der Waals surface area contributed by atoms with Gasteiger partial charge >= 0.3 is 0 Å². The quantitative estimate of drug-likeness (QED) is 0.686. The molecule has 0 aliphatic rings. The first-order chi connectivity index (χ1) is 8.76. The maximum absolute atomic E-state index is 9.81. The lowest BCUT2D eigenvalue weighted by Gasteiger charge is -2.24. The van der Waals surface area contributed by atoms with Crippen molar-refractivity contribution in [1.29, 1.82) is 0 Å². The standard InChI is InChI=1S/C14H23NO3/c1-2-18-12-14(17)11-15(8-9-16)10-13-6-4-3-5-7-13/h3-7,14,16-17H,2,8-12H2,1H3. The fourth-order valence-electron chi connectivity index (χ4n) is 1.82. The third-order valence-corrected chi connectivity index (χ3v) is 2.65. The van der Waals surface area contributed by atoms with E-state index in [0.717, 1.165) is 6.54 Å². The van der Waals surface area contributed by atoms with Gasteiger partial charge in [0.05, 0.1) is 19.3 Å². The molecule has 0 aliphatic carbocycles. The van der Waals surface area contributed by atoms with E-state index in [4.69, 9.17) is 9.84 Å². The van der Waals surface area contributed by atoms with Gasteiger partial charge in [-0.1, -0.05) is 30.3 Å². The number of nitrogens with zero attached hydrogens (tertiary/aromatic N) is 1. The Kier molecular flexibility index (Phi) is 7.60. The molecule has 0 fully saturated rings. The van der Waals surface area contributed by atoms with Crippen molar-refractivity contribution in [3.05, 3.63) is 35.9 Å². The molecule has 0 aromatic heterocycles. The van der Waals surface area contributed by atoms with Gasteiger partial charge in [0, 0.05) is 26.2 Å². The summed E-state index contributed by atoms with van der Waals surface area (Å²) < 4.78 is 5.19. The van der Waals surface area contributed by atoms with Gasteiger partial charge in [0.1, 0.15) is 0 Å². The lowest BCUT2D eigenvalue weighted by Crippen LogP contribution is -2.36.